The largest absolute Gasteiger partial charge is 0.468 e. The fourth-order valence-corrected chi connectivity index (χ4v) is 1.57. The summed E-state index contributed by atoms with van der Waals surface area (Å²) in [6.07, 6.45) is 2.88. The highest BCUT2D eigenvalue weighted by Crippen LogP contribution is 2.30. The van der Waals surface area contributed by atoms with Crippen LogP contribution in [-0.4, -0.2) is 0 Å². The van der Waals surface area contributed by atoms with Gasteiger partial charge in [-0.3, -0.25) is 0 Å². The lowest BCUT2D eigenvalue weighted by Crippen LogP contribution is -2.07. The molecule has 2 unspecified atom stereocenters. The summed E-state index contributed by atoms with van der Waals surface area (Å²) in [5.41, 5.74) is 0.524. The van der Waals surface area contributed by atoms with Crippen LogP contribution in [0.3, 0.4) is 0 Å². The molecule has 0 aromatic carbocycles. The normalized spacial score (nSPS) is 13.9. The molecule has 0 amide bonds. The van der Waals surface area contributed by atoms with E-state index in [1.54, 1.807) is 6.07 Å². The Balaban J connectivity index is 2.90. The van der Waals surface area contributed by atoms with Crippen molar-refractivity contribution in [3.8, 4) is 12.1 Å². The van der Waals surface area contributed by atoms with E-state index in [-0.39, 0.29) is 5.92 Å². The Morgan fingerprint density at radius 2 is 2.20 bits per heavy atom. The zero-order valence-corrected chi connectivity index (χ0v) is 9.03. The topological polar surface area (TPSA) is 60.7 Å². The van der Waals surface area contributed by atoms with Crippen LogP contribution in [0.4, 0.5) is 0 Å². The molecule has 3 nitrogen and oxygen atoms in total. The third-order valence-corrected chi connectivity index (χ3v) is 2.76. The molecular weight excluding hydrogens is 188 g/mol. The summed E-state index contributed by atoms with van der Waals surface area (Å²) in [6.45, 7) is 4.18. The smallest absolute Gasteiger partial charge is 0.109 e. The predicted octanol–water partition coefficient (Wildman–Crippen LogP) is 3.19. The Morgan fingerprint density at radius 1 is 1.47 bits per heavy atom. The number of nitrogens with zero attached hydrogens (tertiary/aromatic N) is 2. The maximum Gasteiger partial charge on any atom is 0.109 e. The zero-order chi connectivity index (χ0) is 11.3. The number of hydrogen-bond donors (Lipinski definition) is 0. The van der Waals surface area contributed by atoms with E-state index >= 15 is 0 Å². The van der Waals surface area contributed by atoms with Crippen molar-refractivity contribution in [3.05, 3.63) is 23.7 Å². The second kappa shape index (κ2) is 5.22. The van der Waals surface area contributed by atoms with Crippen LogP contribution in [0, 0.1) is 28.6 Å². The van der Waals surface area contributed by atoms with Gasteiger partial charge in [0.2, 0.25) is 0 Å². The van der Waals surface area contributed by atoms with Crippen molar-refractivity contribution in [3.63, 3.8) is 0 Å². The minimum atomic E-state index is 0.0992. The van der Waals surface area contributed by atoms with Gasteiger partial charge in [0.05, 0.1) is 11.6 Å². The Labute approximate surface area is 89.9 Å². The van der Waals surface area contributed by atoms with Gasteiger partial charge in [0.25, 0.3) is 0 Å². The van der Waals surface area contributed by atoms with Gasteiger partial charge in [-0.15, -0.1) is 0 Å². The first-order valence-electron chi connectivity index (χ1n) is 5.08. The van der Waals surface area contributed by atoms with Crippen molar-refractivity contribution in [2.45, 2.75) is 32.6 Å². The molecule has 0 aliphatic heterocycles. The van der Waals surface area contributed by atoms with Crippen LogP contribution in [-0.2, 0) is 0 Å². The molecule has 3 heteroatoms. The standard InChI is InChI=1S/C12H14N2O/c1-3-9(2)11(4-5-13)12-6-10(7-14)8-15-12/h6,8-9,11H,3-4H2,1-2H3. The summed E-state index contributed by atoms with van der Waals surface area (Å²) >= 11 is 0. The highest BCUT2D eigenvalue weighted by atomic mass is 16.3. The molecule has 1 rings (SSSR count). The van der Waals surface area contributed by atoms with Crippen LogP contribution in [0.1, 0.15) is 43.9 Å². The van der Waals surface area contributed by atoms with E-state index in [1.165, 1.54) is 6.26 Å². The van der Waals surface area contributed by atoms with Crippen LogP contribution < -0.4 is 0 Å². The number of rotatable bonds is 4. The molecule has 1 heterocycles. The van der Waals surface area contributed by atoms with E-state index in [1.807, 2.05) is 6.07 Å². The molecule has 1 aromatic heterocycles. The van der Waals surface area contributed by atoms with Crippen LogP contribution in [0.5, 0.6) is 0 Å². The molecular formula is C12H14N2O. The zero-order valence-electron chi connectivity index (χ0n) is 9.03. The Hall–Kier alpha value is -1.74. The highest BCUT2D eigenvalue weighted by molar-refractivity contribution is 5.28. The minimum absolute atomic E-state index is 0.0992. The first-order chi connectivity index (χ1) is 7.22. The molecule has 0 fully saturated rings. The van der Waals surface area contributed by atoms with Gasteiger partial charge in [0.15, 0.2) is 0 Å². The first-order valence-corrected chi connectivity index (χ1v) is 5.08. The number of hydrogen-bond acceptors (Lipinski definition) is 3. The highest BCUT2D eigenvalue weighted by Gasteiger charge is 2.21. The van der Waals surface area contributed by atoms with Gasteiger partial charge >= 0.3 is 0 Å². The third-order valence-electron chi connectivity index (χ3n) is 2.76. The van der Waals surface area contributed by atoms with Crippen LogP contribution in [0.25, 0.3) is 0 Å². The fourth-order valence-electron chi connectivity index (χ4n) is 1.57. The lowest BCUT2D eigenvalue weighted by atomic mass is 9.87. The molecule has 0 aliphatic carbocycles. The summed E-state index contributed by atoms with van der Waals surface area (Å²) < 4.78 is 5.32. The van der Waals surface area contributed by atoms with Gasteiger partial charge in [-0.2, -0.15) is 10.5 Å². The lowest BCUT2D eigenvalue weighted by Gasteiger charge is -2.17. The fraction of sp³-hybridized carbons (Fsp3) is 0.500. The van der Waals surface area contributed by atoms with Crippen LogP contribution in [0.15, 0.2) is 16.7 Å². The summed E-state index contributed by atoms with van der Waals surface area (Å²) in [4.78, 5) is 0. The lowest BCUT2D eigenvalue weighted by molar-refractivity contribution is 0.372. The molecule has 1 aromatic rings. The molecule has 0 radical (unpaired) electrons. The minimum Gasteiger partial charge on any atom is -0.468 e. The van der Waals surface area contributed by atoms with Crippen LogP contribution >= 0.6 is 0 Å². The van der Waals surface area contributed by atoms with E-state index < -0.39 is 0 Å². The summed E-state index contributed by atoms with van der Waals surface area (Å²) in [6, 6.07) is 5.92. The van der Waals surface area contributed by atoms with Gasteiger partial charge in [-0.1, -0.05) is 20.3 Å². The van der Waals surface area contributed by atoms with Crippen molar-refractivity contribution in [2.75, 3.05) is 0 Å². The quantitative estimate of drug-likeness (QED) is 0.753. The van der Waals surface area contributed by atoms with E-state index in [4.69, 9.17) is 14.9 Å². The number of nitriles is 2. The molecule has 0 saturated carbocycles. The number of furan rings is 1. The van der Waals surface area contributed by atoms with Crippen LogP contribution in [0.2, 0.25) is 0 Å². The molecule has 78 valence electrons. The molecule has 0 N–H and O–H groups in total. The van der Waals surface area contributed by atoms with Gasteiger partial charge in [0, 0.05) is 12.3 Å². The van der Waals surface area contributed by atoms with Crippen molar-refractivity contribution in [1.29, 1.82) is 10.5 Å². The summed E-state index contributed by atoms with van der Waals surface area (Å²) in [5, 5.41) is 17.4. The van der Waals surface area contributed by atoms with Crippen molar-refractivity contribution in [1.82, 2.24) is 0 Å². The van der Waals surface area contributed by atoms with E-state index in [0.29, 0.717) is 17.9 Å². The monoisotopic (exact) mass is 202 g/mol. The van der Waals surface area contributed by atoms with E-state index in [9.17, 15) is 0 Å². The molecule has 0 bridgehead atoms. The average Bonchev–Trinajstić information content (AvgIpc) is 2.73. The predicted molar refractivity (Wildman–Crippen MR) is 55.8 cm³/mol. The van der Waals surface area contributed by atoms with Crippen molar-refractivity contribution in [2.24, 2.45) is 5.92 Å². The second-order valence-corrected chi connectivity index (χ2v) is 3.70. The Bertz CT molecular complexity index is 394. The molecule has 0 saturated heterocycles. The first kappa shape index (κ1) is 11.3. The average molecular weight is 202 g/mol. The van der Waals surface area contributed by atoms with Gasteiger partial charge in [-0.05, 0) is 12.0 Å². The maximum absolute atomic E-state index is 8.75. The SMILES string of the molecule is CCC(C)C(CC#N)c1cc(C#N)co1. The molecule has 0 spiro atoms. The van der Waals surface area contributed by atoms with Gasteiger partial charge in [-0.25, -0.2) is 0 Å². The summed E-state index contributed by atoms with van der Waals surface area (Å²) in [7, 11) is 0. The van der Waals surface area contributed by atoms with Crippen molar-refractivity contribution < 1.29 is 4.42 Å². The van der Waals surface area contributed by atoms with Gasteiger partial charge < -0.3 is 4.42 Å². The summed E-state index contributed by atoms with van der Waals surface area (Å²) in [5.74, 6) is 1.24. The Morgan fingerprint density at radius 3 is 2.67 bits per heavy atom. The second-order valence-electron chi connectivity index (χ2n) is 3.70. The van der Waals surface area contributed by atoms with E-state index in [2.05, 4.69) is 19.9 Å². The third kappa shape index (κ3) is 2.60. The molecule has 2 atom stereocenters. The van der Waals surface area contributed by atoms with Gasteiger partial charge in [0.1, 0.15) is 18.1 Å². The molecule has 15 heavy (non-hydrogen) atoms. The van der Waals surface area contributed by atoms with Crippen molar-refractivity contribution >= 4 is 0 Å². The Kier molecular flexibility index (Phi) is 3.94. The maximum atomic E-state index is 8.75. The van der Waals surface area contributed by atoms with E-state index in [0.717, 1.165) is 12.2 Å². The molecule has 0 aliphatic rings.